The van der Waals surface area contributed by atoms with Crippen LogP contribution in [0.15, 0.2) is 35.4 Å². The van der Waals surface area contributed by atoms with Crippen molar-refractivity contribution < 1.29 is 14.3 Å². The van der Waals surface area contributed by atoms with Crippen LogP contribution in [0.4, 0.5) is 10.2 Å². The van der Waals surface area contributed by atoms with Crippen LogP contribution in [-0.4, -0.2) is 31.7 Å². The van der Waals surface area contributed by atoms with Gasteiger partial charge < -0.3 is 15.0 Å². The summed E-state index contributed by atoms with van der Waals surface area (Å²) in [5.41, 5.74) is 1.78. The number of pyridine rings is 3. The monoisotopic (exact) mass is 410 g/mol. The summed E-state index contributed by atoms with van der Waals surface area (Å²) >= 11 is 0. The molecule has 156 valence electrons. The van der Waals surface area contributed by atoms with E-state index < -0.39 is 23.6 Å². The second-order valence-corrected chi connectivity index (χ2v) is 8.34. The van der Waals surface area contributed by atoms with Crippen molar-refractivity contribution in [2.75, 3.05) is 5.32 Å². The molecule has 1 fully saturated rings. The van der Waals surface area contributed by atoms with E-state index in [1.54, 1.807) is 51.5 Å². The van der Waals surface area contributed by atoms with E-state index in [-0.39, 0.29) is 17.8 Å². The molecule has 0 saturated heterocycles. The lowest BCUT2D eigenvalue weighted by Crippen LogP contribution is -2.21. The molecule has 0 unspecified atom stereocenters. The van der Waals surface area contributed by atoms with Crippen LogP contribution >= 0.6 is 0 Å². The topological polar surface area (TPSA) is 97.1 Å². The molecular formula is C22H23FN4O3. The molecule has 1 aliphatic carbocycles. The molecule has 8 heteroatoms. The predicted molar refractivity (Wildman–Crippen MR) is 112 cm³/mol. The SMILES string of the molecule is Cc1cc(C(C)(C)O)ncc1-c1cc2cnc(NC(=O)[C@H]3C[C@H]3F)cc2n(C)c1=O. The Labute approximate surface area is 172 Å². The highest BCUT2D eigenvalue weighted by molar-refractivity contribution is 5.95. The van der Waals surface area contributed by atoms with Gasteiger partial charge in [0.2, 0.25) is 5.91 Å². The normalized spacial score (nSPS) is 18.5. The fraction of sp³-hybridized carbons (Fsp3) is 0.364. The Bertz CT molecular complexity index is 1230. The number of nitrogens with zero attached hydrogens (tertiary/aromatic N) is 3. The zero-order valence-corrected chi connectivity index (χ0v) is 17.2. The van der Waals surface area contributed by atoms with Crippen LogP contribution in [0.1, 0.15) is 31.5 Å². The minimum absolute atomic E-state index is 0.224. The van der Waals surface area contributed by atoms with Crippen molar-refractivity contribution >= 4 is 22.6 Å². The molecule has 30 heavy (non-hydrogen) atoms. The van der Waals surface area contributed by atoms with Crippen molar-refractivity contribution in [3.63, 3.8) is 0 Å². The number of aliphatic hydroxyl groups is 1. The van der Waals surface area contributed by atoms with Crippen molar-refractivity contribution in [1.29, 1.82) is 0 Å². The van der Waals surface area contributed by atoms with Gasteiger partial charge in [0.05, 0.1) is 17.1 Å². The lowest BCUT2D eigenvalue weighted by atomic mass is 9.98. The molecule has 7 nitrogen and oxygen atoms in total. The third-order valence-electron chi connectivity index (χ3n) is 5.44. The molecule has 0 bridgehead atoms. The van der Waals surface area contributed by atoms with Gasteiger partial charge in [0.15, 0.2) is 0 Å². The fourth-order valence-electron chi connectivity index (χ4n) is 3.45. The zero-order chi connectivity index (χ0) is 21.8. The second-order valence-electron chi connectivity index (χ2n) is 8.34. The molecule has 3 aromatic rings. The summed E-state index contributed by atoms with van der Waals surface area (Å²) < 4.78 is 14.6. The van der Waals surface area contributed by atoms with Gasteiger partial charge in [-0.3, -0.25) is 14.6 Å². The first-order chi connectivity index (χ1) is 14.1. The summed E-state index contributed by atoms with van der Waals surface area (Å²) in [6.07, 6.45) is 2.32. The summed E-state index contributed by atoms with van der Waals surface area (Å²) in [4.78, 5) is 33.6. The summed E-state index contributed by atoms with van der Waals surface area (Å²) in [5.74, 6) is -0.734. The number of carbonyl (C=O) groups is 1. The molecule has 1 saturated carbocycles. The number of amides is 1. The standard InChI is InChI=1S/C22H23FN4O3/c1-11-5-18(22(2,3)30)24-10-15(11)13-6-12-9-25-19(8-17(12)27(4)21(13)29)26-20(28)14-7-16(14)23/h5-6,8-10,14,16,30H,7H2,1-4H3,(H,25,26,28)/t14-,16+/m0/s1. The zero-order valence-electron chi connectivity index (χ0n) is 17.2. The molecule has 0 aliphatic heterocycles. The molecule has 2 atom stereocenters. The van der Waals surface area contributed by atoms with Gasteiger partial charge in [-0.25, -0.2) is 9.37 Å². The molecule has 3 heterocycles. The number of carbonyl (C=O) groups excluding carboxylic acids is 1. The first-order valence-corrected chi connectivity index (χ1v) is 9.71. The summed E-state index contributed by atoms with van der Waals surface area (Å²) in [7, 11) is 1.65. The molecule has 0 radical (unpaired) electrons. The quantitative estimate of drug-likeness (QED) is 0.689. The Kier molecular flexibility index (Phi) is 4.69. The maximum absolute atomic E-state index is 13.1. The largest absolute Gasteiger partial charge is 0.384 e. The Morgan fingerprint density at radius 1 is 1.23 bits per heavy atom. The van der Waals surface area contributed by atoms with E-state index in [1.165, 1.54) is 4.57 Å². The lowest BCUT2D eigenvalue weighted by Gasteiger charge is -2.18. The molecule has 1 aliphatic rings. The molecule has 0 spiro atoms. The van der Waals surface area contributed by atoms with Crippen LogP contribution < -0.4 is 10.9 Å². The molecule has 0 aromatic carbocycles. The number of rotatable bonds is 4. The van der Waals surface area contributed by atoms with Crippen LogP contribution in [0.2, 0.25) is 0 Å². The van der Waals surface area contributed by atoms with E-state index in [0.29, 0.717) is 27.7 Å². The minimum Gasteiger partial charge on any atom is -0.384 e. The highest BCUT2D eigenvalue weighted by Crippen LogP contribution is 2.34. The van der Waals surface area contributed by atoms with Gasteiger partial charge in [-0.2, -0.15) is 0 Å². The maximum Gasteiger partial charge on any atom is 0.258 e. The fourth-order valence-corrected chi connectivity index (χ4v) is 3.45. The first-order valence-electron chi connectivity index (χ1n) is 9.71. The Hall–Kier alpha value is -3.13. The van der Waals surface area contributed by atoms with E-state index in [0.717, 1.165) is 5.56 Å². The van der Waals surface area contributed by atoms with Crippen LogP contribution in [0.3, 0.4) is 0 Å². The van der Waals surface area contributed by atoms with Crippen molar-refractivity contribution in [3.8, 4) is 11.1 Å². The van der Waals surface area contributed by atoms with Crippen LogP contribution in [0.25, 0.3) is 22.0 Å². The molecule has 4 rings (SSSR count). The molecular weight excluding hydrogens is 387 g/mol. The van der Waals surface area contributed by atoms with Crippen molar-refractivity contribution in [2.45, 2.75) is 39.0 Å². The van der Waals surface area contributed by atoms with E-state index >= 15 is 0 Å². The van der Waals surface area contributed by atoms with Crippen molar-refractivity contribution in [2.24, 2.45) is 13.0 Å². The summed E-state index contributed by atoms with van der Waals surface area (Å²) in [5, 5.41) is 13.5. The van der Waals surface area contributed by atoms with E-state index in [9.17, 15) is 19.1 Å². The average molecular weight is 410 g/mol. The number of alkyl halides is 1. The second kappa shape index (κ2) is 6.98. The van der Waals surface area contributed by atoms with E-state index in [2.05, 4.69) is 15.3 Å². The molecule has 2 N–H and O–H groups in total. The van der Waals surface area contributed by atoms with Crippen LogP contribution in [-0.2, 0) is 17.4 Å². The Morgan fingerprint density at radius 2 is 1.93 bits per heavy atom. The average Bonchev–Trinajstić information content (AvgIpc) is 3.41. The minimum atomic E-state index is -1.09. The van der Waals surface area contributed by atoms with Gasteiger partial charge in [0.1, 0.15) is 17.6 Å². The van der Waals surface area contributed by atoms with Gasteiger partial charge in [-0.1, -0.05) is 0 Å². The first kappa shape index (κ1) is 20.2. The van der Waals surface area contributed by atoms with Gasteiger partial charge in [-0.05, 0) is 44.9 Å². The van der Waals surface area contributed by atoms with Gasteiger partial charge in [0.25, 0.3) is 5.56 Å². The number of halogens is 1. The number of aromatic nitrogens is 3. The smallest absolute Gasteiger partial charge is 0.258 e. The number of nitrogens with one attached hydrogen (secondary N) is 1. The van der Waals surface area contributed by atoms with Crippen molar-refractivity contribution in [3.05, 3.63) is 52.2 Å². The molecule has 3 aromatic heterocycles. The van der Waals surface area contributed by atoms with E-state index in [4.69, 9.17) is 0 Å². The lowest BCUT2D eigenvalue weighted by molar-refractivity contribution is -0.117. The Morgan fingerprint density at radius 3 is 2.53 bits per heavy atom. The maximum atomic E-state index is 13.1. The summed E-state index contributed by atoms with van der Waals surface area (Å²) in [6, 6.07) is 5.12. The third kappa shape index (κ3) is 3.59. The van der Waals surface area contributed by atoms with Gasteiger partial charge in [-0.15, -0.1) is 0 Å². The predicted octanol–water partition coefficient (Wildman–Crippen LogP) is 2.83. The van der Waals surface area contributed by atoms with Gasteiger partial charge in [0, 0.05) is 42.0 Å². The van der Waals surface area contributed by atoms with Gasteiger partial charge >= 0.3 is 0 Å². The van der Waals surface area contributed by atoms with Crippen molar-refractivity contribution in [1.82, 2.24) is 14.5 Å². The summed E-state index contributed by atoms with van der Waals surface area (Å²) in [6.45, 7) is 5.17. The number of aryl methyl sites for hydroxylation is 2. The number of fused-ring (bicyclic) bond motifs is 1. The highest BCUT2D eigenvalue weighted by Gasteiger charge is 2.43. The molecule has 1 amide bonds. The number of hydrogen-bond acceptors (Lipinski definition) is 5. The van der Waals surface area contributed by atoms with Crippen LogP contribution in [0, 0.1) is 12.8 Å². The third-order valence-corrected chi connectivity index (χ3v) is 5.44. The van der Waals surface area contributed by atoms with Crippen LogP contribution in [0.5, 0.6) is 0 Å². The number of anilines is 1. The highest BCUT2D eigenvalue weighted by atomic mass is 19.1. The van der Waals surface area contributed by atoms with E-state index in [1.807, 2.05) is 6.92 Å². The number of hydrogen-bond donors (Lipinski definition) is 2. The Balaban J connectivity index is 1.74.